The van der Waals surface area contributed by atoms with Crippen LogP contribution in [-0.4, -0.2) is 55.7 Å². The highest BCUT2D eigenvalue weighted by Crippen LogP contribution is 2.04. The van der Waals surface area contributed by atoms with Crippen LogP contribution >= 0.6 is 0 Å². The van der Waals surface area contributed by atoms with Crippen molar-refractivity contribution < 1.29 is 14.3 Å². The van der Waals surface area contributed by atoms with Crippen molar-refractivity contribution in [2.75, 3.05) is 32.8 Å². The number of amides is 3. The van der Waals surface area contributed by atoms with Crippen molar-refractivity contribution in [3.8, 4) is 0 Å². The van der Waals surface area contributed by atoms with Gasteiger partial charge in [0.25, 0.3) is 5.91 Å². The third-order valence-electron chi connectivity index (χ3n) is 3.53. The van der Waals surface area contributed by atoms with E-state index in [1.54, 1.807) is 17.0 Å². The molecule has 3 amide bonds. The maximum absolute atomic E-state index is 11.9. The third-order valence-corrected chi connectivity index (χ3v) is 3.53. The van der Waals surface area contributed by atoms with Gasteiger partial charge in [0.05, 0.1) is 12.7 Å². The number of nitrogens with one attached hydrogen (secondary N) is 2. The van der Waals surface area contributed by atoms with Crippen molar-refractivity contribution in [1.29, 1.82) is 0 Å². The smallest absolute Gasteiger partial charge is 0.317 e. The number of benzene rings is 1. The first kappa shape index (κ1) is 16.3. The van der Waals surface area contributed by atoms with Crippen LogP contribution in [0.1, 0.15) is 22.8 Å². The molecule has 1 saturated heterocycles. The van der Waals surface area contributed by atoms with Gasteiger partial charge in [-0.25, -0.2) is 4.79 Å². The molecular formula is C16H23N3O3. The Balaban J connectivity index is 1.67. The van der Waals surface area contributed by atoms with Crippen LogP contribution in [0.25, 0.3) is 0 Å². The van der Waals surface area contributed by atoms with Crippen molar-refractivity contribution in [2.45, 2.75) is 20.0 Å². The molecule has 0 saturated carbocycles. The minimum absolute atomic E-state index is 0.0701. The van der Waals surface area contributed by atoms with Crippen LogP contribution in [0.15, 0.2) is 24.3 Å². The van der Waals surface area contributed by atoms with Gasteiger partial charge in [0, 0.05) is 31.7 Å². The molecule has 6 heteroatoms. The molecule has 1 atom stereocenters. The van der Waals surface area contributed by atoms with Gasteiger partial charge < -0.3 is 20.3 Å². The standard InChI is InChI=1S/C16H23N3O3/c1-12-3-5-14(6-4-12)15(20)17-7-8-18-16(21)19-9-10-22-13(2)11-19/h3-6,13H,7-11H2,1-2H3,(H,17,20)(H,18,21)/t13-/m1/s1. The van der Waals surface area contributed by atoms with E-state index in [1.165, 1.54) is 0 Å². The van der Waals surface area contributed by atoms with Gasteiger partial charge in [0.15, 0.2) is 0 Å². The predicted octanol–water partition coefficient (Wildman–Crippen LogP) is 1.16. The van der Waals surface area contributed by atoms with Crippen molar-refractivity contribution in [1.82, 2.24) is 15.5 Å². The van der Waals surface area contributed by atoms with Crippen LogP contribution in [0.3, 0.4) is 0 Å². The number of urea groups is 1. The fourth-order valence-electron chi connectivity index (χ4n) is 2.27. The van der Waals surface area contributed by atoms with Gasteiger partial charge in [-0.3, -0.25) is 4.79 Å². The highest BCUT2D eigenvalue weighted by molar-refractivity contribution is 5.94. The summed E-state index contributed by atoms with van der Waals surface area (Å²) < 4.78 is 5.39. The number of hydrogen-bond donors (Lipinski definition) is 2. The molecule has 1 aromatic rings. The maximum atomic E-state index is 11.9. The number of morpholine rings is 1. The molecule has 2 rings (SSSR count). The summed E-state index contributed by atoms with van der Waals surface area (Å²) in [5.41, 5.74) is 1.74. The first-order valence-corrected chi connectivity index (χ1v) is 7.55. The van der Waals surface area contributed by atoms with Gasteiger partial charge in [0.1, 0.15) is 0 Å². The van der Waals surface area contributed by atoms with Crippen molar-refractivity contribution in [2.24, 2.45) is 0 Å². The summed E-state index contributed by atoms with van der Waals surface area (Å²) in [7, 11) is 0. The van der Waals surface area contributed by atoms with E-state index in [4.69, 9.17) is 4.74 Å². The van der Waals surface area contributed by atoms with E-state index >= 15 is 0 Å². The first-order chi connectivity index (χ1) is 10.6. The van der Waals surface area contributed by atoms with E-state index in [-0.39, 0.29) is 18.0 Å². The molecule has 2 N–H and O–H groups in total. The molecule has 0 aliphatic carbocycles. The highest BCUT2D eigenvalue weighted by Gasteiger charge is 2.20. The van der Waals surface area contributed by atoms with Crippen molar-refractivity contribution in [3.63, 3.8) is 0 Å². The number of ether oxygens (including phenoxy) is 1. The quantitative estimate of drug-likeness (QED) is 0.820. The van der Waals surface area contributed by atoms with Crippen molar-refractivity contribution in [3.05, 3.63) is 35.4 Å². The van der Waals surface area contributed by atoms with Crippen LogP contribution in [0.5, 0.6) is 0 Å². The Hall–Kier alpha value is -2.08. The Morgan fingerprint density at radius 2 is 1.91 bits per heavy atom. The molecule has 6 nitrogen and oxygen atoms in total. The molecule has 1 heterocycles. The van der Waals surface area contributed by atoms with Gasteiger partial charge in [-0.2, -0.15) is 0 Å². The van der Waals surface area contributed by atoms with E-state index < -0.39 is 0 Å². The molecule has 0 radical (unpaired) electrons. The molecule has 120 valence electrons. The Morgan fingerprint density at radius 1 is 1.23 bits per heavy atom. The van der Waals surface area contributed by atoms with Crippen LogP contribution in [0.2, 0.25) is 0 Å². The van der Waals surface area contributed by atoms with E-state index in [2.05, 4.69) is 10.6 Å². The van der Waals surface area contributed by atoms with Crippen LogP contribution < -0.4 is 10.6 Å². The average Bonchev–Trinajstić information content (AvgIpc) is 2.51. The molecule has 0 bridgehead atoms. The zero-order chi connectivity index (χ0) is 15.9. The van der Waals surface area contributed by atoms with Gasteiger partial charge >= 0.3 is 6.03 Å². The minimum atomic E-state index is -0.130. The SMILES string of the molecule is Cc1ccc(C(=O)NCCNC(=O)N2CCO[C@H](C)C2)cc1. The fraction of sp³-hybridized carbons (Fsp3) is 0.500. The van der Waals surface area contributed by atoms with Gasteiger partial charge in [-0.05, 0) is 26.0 Å². The normalized spacial score (nSPS) is 17.9. The number of carbonyl (C=O) groups is 2. The molecule has 0 spiro atoms. The number of carbonyl (C=O) groups excluding carboxylic acids is 2. The van der Waals surface area contributed by atoms with E-state index in [1.807, 2.05) is 26.0 Å². The summed E-state index contributed by atoms with van der Waals surface area (Å²) in [5.74, 6) is -0.130. The lowest BCUT2D eigenvalue weighted by atomic mass is 10.1. The Kier molecular flexibility index (Phi) is 5.77. The second-order valence-corrected chi connectivity index (χ2v) is 5.48. The molecular weight excluding hydrogens is 282 g/mol. The largest absolute Gasteiger partial charge is 0.375 e. The molecule has 22 heavy (non-hydrogen) atoms. The maximum Gasteiger partial charge on any atom is 0.317 e. The molecule has 1 fully saturated rings. The summed E-state index contributed by atoms with van der Waals surface area (Å²) in [6.45, 7) is 6.50. The predicted molar refractivity (Wildman–Crippen MR) is 83.9 cm³/mol. The molecule has 0 aromatic heterocycles. The number of hydrogen-bond acceptors (Lipinski definition) is 3. The summed E-state index contributed by atoms with van der Waals surface area (Å²) in [6, 6.07) is 7.27. The minimum Gasteiger partial charge on any atom is -0.375 e. The lowest BCUT2D eigenvalue weighted by Gasteiger charge is -2.31. The number of aryl methyl sites for hydroxylation is 1. The monoisotopic (exact) mass is 305 g/mol. The Morgan fingerprint density at radius 3 is 2.59 bits per heavy atom. The Bertz CT molecular complexity index is 516. The summed E-state index contributed by atoms with van der Waals surface area (Å²) >= 11 is 0. The molecule has 1 aromatic carbocycles. The van der Waals surface area contributed by atoms with Crippen LogP contribution in [-0.2, 0) is 4.74 Å². The second-order valence-electron chi connectivity index (χ2n) is 5.48. The molecule has 1 aliphatic heterocycles. The summed E-state index contributed by atoms with van der Waals surface area (Å²) in [6.07, 6.45) is 0.0701. The molecule has 1 aliphatic rings. The first-order valence-electron chi connectivity index (χ1n) is 7.55. The van der Waals surface area contributed by atoms with Crippen molar-refractivity contribution >= 4 is 11.9 Å². The lowest BCUT2D eigenvalue weighted by Crippen LogP contribution is -2.50. The number of rotatable bonds is 4. The average molecular weight is 305 g/mol. The topological polar surface area (TPSA) is 70.7 Å². The summed E-state index contributed by atoms with van der Waals surface area (Å²) in [5, 5.41) is 5.59. The van der Waals surface area contributed by atoms with Gasteiger partial charge in [-0.15, -0.1) is 0 Å². The highest BCUT2D eigenvalue weighted by atomic mass is 16.5. The second kappa shape index (κ2) is 7.79. The zero-order valence-electron chi connectivity index (χ0n) is 13.1. The van der Waals surface area contributed by atoms with Crippen LogP contribution in [0.4, 0.5) is 4.79 Å². The van der Waals surface area contributed by atoms with E-state index in [9.17, 15) is 9.59 Å². The van der Waals surface area contributed by atoms with Crippen LogP contribution in [0, 0.1) is 6.92 Å². The van der Waals surface area contributed by atoms with E-state index in [0.29, 0.717) is 38.3 Å². The van der Waals surface area contributed by atoms with Gasteiger partial charge in [0.2, 0.25) is 0 Å². The summed E-state index contributed by atoms with van der Waals surface area (Å²) in [4.78, 5) is 25.6. The Labute approximate surface area is 130 Å². The third kappa shape index (κ3) is 4.73. The lowest BCUT2D eigenvalue weighted by molar-refractivity contribution is -0.00342. The molecule has 0 unspecified atom stereocenters. The number of nitrogens with zero attached hydrogens (tertiary/aromatic N) is 1. The fourth-order valence-corrected chi connectivity index (χ4v) is 2.27. The zero-order valence-corrected chi connectivity index (χ0v) is 13.1. The van der Waals surface area contributed by atoms with E-state index in [0.717, 1.165) is 5.56 Å². The van der Waals surface area contributed by atoms with Gasteiger partial charge in [-0.1, -0.05) is 17.7 Å².